The molecular weight excluding hydrogens is 224 g/mol. The van der Waals surface area contributed by atoms with E-state index in [1.165, 1.54) is 4.90 Å². The van der Waals surface area contributed by atoms with Crippen LogP contribution in [0.3, 0.4) is 0 Å². The van der Waals surface area contributed by atoms with Crippen LogP contribution < -0.4 is 5.32 Å². The summed E-state index contributed by atoms with van der Waals surface area (Å²) in [6.45, 7) is 6.75. The number of carboxylic acid groups (broad SMARTS) is 1. The summed E-state index contributed by atoms with van der Waals surface area (Å²) >= 11 is 0. The highest BCUT2D eigenvalue weighted by Gasteiger charge is 2.16. The Morgan fingerprint density at radius 2 is 2.06 bits per heavy atom. The summed E-state index contributed by atoms with van der Waals surface area (Å²) in [5.74, 6) is -1.01. The smallest absolute Gasteiger partial charge is 0.323 e. The van der Waals surface area contributed by atoms with E-state index in [1.807, 2.05) is 20.8 Å². The maximum atomic E-state index is 11.7. The average Bonchev–Trinajstić information content (AvgIpc) is 2.25. The molecule has 0 saturated heterocycles. The molecule has 0 aliphatic heterocycles. The van der Waals surface area contributed by atoms with Crippen molar-refractivity contribution in [2.45, 2.75) is 33.3 Å². The molecule has 0 radical (unpaired) electrons. The molecule has 2 amide bonds. The molecule has 100 valence electrons. The van der Waals surface area contributed by atoms with Crippen LogP contribution >= 0.6 is 0 Å². The number of ether oxygens (including phenoxy) is 1. The van der Waals surface area contributed by atoms with Crippen molar-refractivity contribution in [3.05, 3.63) is 0 Å². The van der Waals surface area contributed by atoms with Crippen molar-refractivity contribution in [1.29, 1.82) is 0 Å². The Morgan fingerprint density at radius 3 is 2.53 bits per heavy atom. The number of hydrogen-bond donors (Lipinski definition) is 2. The van der Waals surface area contributed by atoms with Gasteiger partial charge in [-0.25, -0.2) is 4.79 Å². The summed E-state index contributed by atoms with van der Waals surface area (Å²) in [4.78, 5) is 23.5. The quantitative estimate of drug-likeness (QED) is 0.667. The van der Waals surface area contributed by atoms with Crippen LogP contribution in [0.5, 0.6) is 0 Å². The highest BCUT2D eigenvalue weighted by molar-refractivity contribution is 5.80. The minimum Gasteiger partial charge on any atom is -0.480 e. The Labute approximate surface area is 102 Å². The number of carbonyl (C=O) groups excluding carboxylic acids is 1. The fourth-order valence-corrected chi connectivity index (χ4v) is 1.37. The molecule has 0 aromatic carbocycles. The molecule has 0 rings (SSSR count). The fraction of sp³-hybridized carbons (Fsp3) is 0.818. The zero-order valence-electron chi connectivity index (χ0n) is 10.7. The molecule has 0 aliphatic rings. The lowest BCUT2D eigenvalue weighted by molar-refractivity contribution is -0.137. The summed E-state index contributed by atoms with van der Waals surface area (Å²) < 4.78 is 5.26. The zero-order chi connectivity index (χ0) is 13.3. The molecule has 1 unspecified atom stereocenters. The van der Waals surface area contributed by atoms with Crippen molar-refractivity contribution >= 4 is 12.0 Å². The molecule has 6 nitrogen and oxygen atoms in total. The highest BCUT2D eigenvalue weighted by Crippen LogP contribution is 1.94. The second-order valence-corrected chi connectivity index (χ2v) is 3.77. The molecule has 0 spiro atoms. The molecule has 6 heteroatoms. The summed E-state index contributed by atoms with van der Waals surface area (Å²) in [6, 6.07) is -0.360. The molecule has 0 fully saturated rings. The Hall–Kier alpha value is -1.30. The largest absolute Gasteiger partial charge is 0.480 e. The van der Waals surface area contributed by atoms with Gasteiger partial charge in [0.15, 0.2) is 0 Å². The third-order valence-electron chi connectivity index (χ3n) is 2.10. The van der Waals surface area contributed by atoms with Gasteiger partial charge in [-0.2, -0.15) is 0 Å². The van der Waals surface area contributed by atoms with E-state index < -0.39 is 5.97 Å². The van der Waals surface area contributed by atoms with Gasteiger partial charge in [0.05, 0.1) is 6.10 Å². The van der Waals surface area contributed by atoms with Crippen LogP contribution in [0.4, 0.5) is 4.79 Å². The average molecular weight is 246 g/mol. The summed E-state index contributed by atoms with van der Waals surface area (Å²) in [6.07, 6.45) is 0.652. The van der Waals surface area contributed by atoms with Crippen LogP contribution in [0.1, 0.15) is 27.2 Å². The van der Waals surface area contributed by atoms with E-state index in [1.54, 1.807) is 0 Å². The molecular formula is C11H22N2O4. The second kappa shape index (κ2) is 8.81. The van der Waals surface area contributed by atoms with E-state index in [9.17, 15) is 9.59 Å². The van der Waals surface area contributed by atoms with Crippen molar-refractivity contribution < 1.29 is 19.4 Å². The Kier molecular flexibility index (Phi) is 8.13. The van der Waals surface area contributed by atoms with Gasteiger partial charge in [0.25, 0.3) is 0 Å². The summed E-state index contributed by atoms with van der Waals surface area (Å²) in [5.41, 5.74) is 0. The van der Waals surface area contributed by atoms with Crippen molar-refractivity contribution in [3.63, 3.8) is 0 Å². The number of hydrogen-bond acceptors (Lipinski definition) is 3. The van der Waals surface area contributed by atoms with Gasteiger partial charge in [0, 0.05) is 19.7 Å². The van der Waals surface area contributed by atoms with Gasteiger partial charge in [-0.3, -0.25) is 4.79 Å². The SMILES string of the molecule is CCCN(CC(=O)O)C(=O)NCC(C)OCC. The number of urea groups is 1. The lowest BCUT2D eigenvalue weighted by Crippen LogP contribution is -2.45. The molecule has 0 saturated carbocycles. The summed E-state index contributed by atoms with van der Waals surface area (Å²) in [5, 5.41) is 11.3. The normalized spacial score (nSPS) is 11.9. The number of aliphatic carboxylic acids is 1. The van der Waals surface area contributed by atoms with Crippen LogP contribution in [0.2, 0.25) is 0 Å². The molecule has 2 N–H and O–H groups in total. The number of rotatable bonds is 8. The molecule has 0 aromatic heterocycles. The molecule has 1 atom stereocenters. The lowest BCUT2D eigenvalue weighted by Gasteiger charge is -2.21. The number of nitrogens with zero attached hydrogens (tertiary/aromatic N) is 1. The first-order chi connectivity index (χ1) is 8.01. The predicted molar refractivity (Wildman–Crippen MR) is 64.0 cm³/mol. The van der Waals surface area contributed by atoms with Crippen LogP contribution in [-0.4, -0.2) is 54.4 Å². The third kappa shape index (κ3) is 7.57. The zero-order valence-corrected chi connectivity index (χ0v) is 10.7. The highest BCUT2D eigenvalue weighted by atomic mass is 16.5. The molecule has 0 bridgehead atoms. The number of carbonyl (C=O) groups is 2. The fourth-order valence-electron chi connectivity index (χ4n) is 1.37. The van der Waals surface area contributed by atoms with Gasteiger partial charge >= 0.3 is 12.0 Å². The van der Waals surface area contributed by atoms with Crippen LogP contribution in [0.25, 0.3) is 0 Å². The molecule has 0 heterocycles. The topological polar surface area (TPSA) is 78.9 Å². The molecule has 0 aromatic rings. The van der Waals surface area contributed by atoms with E-state index >= 15 is 0 Å². The van der Waals surface area contributed by atoms with Crippen LogP contribution in [0.15, 0.2) is 0 Å². The van der Waals surface area contributed by atoms with E-state index in [-0.39, 0.29) is 18.7 Å². The Balaban J connectivity index is 4.08. The van der Waals surface area contributed by atoms with Crippen LogP contribution in [-0.2, 0) is 9.53 Å². The molecule has 17 heavy (non-hydrogen) atoms. The Bertz CT molecular complexity index is 246. The van der Waals surface area contributed by atoms with Gasteiger partial charge in [-0.1, -0.05) is 6.92 Å². The van der Waals surface area contributed by atoms with Gasteiger partial charge < -0.3 is 20.1 Å². The van der Waals surface area contributed by atoms with Gasteiger partial charge in [-0.15, -0.1) is 0 Å². The van der Waals surface area contributed by atoms with Crippen molar-refractivity contribution in [1.82, 2.24) is 10.2 Å². The second-order valence-electron chi connectivity index (χ2n) is 3.77. The van der Waals surface area contributed by atoms with E-state index in [0.29, 0.717) is 19.7 Å². The van der Waals surface area contributed by atoms with Gasteiger partial charge in [0.2, 0.25) is 0 Å². The monoisotopic (exact) mass is 246 g/mol. The third-order valence-corrected chi connectivity index (χ3v) is 2.10. The van der Waals surface area contributed by atoms with E-state index in [4.69, 9.17) is 9.84 Å². The standard InChI is InChI=1S/C11H22N2O4/c1-4-6-13(8-10(14)15)11(16)12-7-9(3)17-5-2/h9H,4-8H2,1-3H3,(H,12,16)(H,14,15). The Morgan fingerprint density at radius 1 is 1.41 bits per heavy atom. The van der Waals surface area contributed by atoms with Gasteiger partial charge in [-0.05, 0) is 20.3 Å². The van der Waals surface area contributed by atoms with Crippen molar-refractivity contribution in [2.24, 2.45) is 0 Å². The first-order valence-electron chi connectivity index (χ1n) is 5.87. The summed E-state index contributed by atoms with van der Waals surface area (Å²) in [7, 11) is 0. The number of nitrogens with one attached hydrogen (secondary N) is 1. The van der Waals surface area contributed by atoms with Crippen molar-refractivity contribution in [3.8, 4) is 0 Å². The number of carboxylic acids is 1. The first kappa shape index (κ1) is 15.7. The van der Waals surface area contributed by atoms with Gasteiger partial charge in [0.1, 0.15) is 6.54 Å². The van der Waals surface area contributed by atoms with E-state index in [2.05, 4.69) is 5.32 Å². The number of amides is 2. The maximum Gasteiger partial charge on any atom is 0.323 e. The minimum atomic E-state index is -1.01. The van der Waals surface area contributed by atoms with Crippen LogP contribution in [0, 0.1) is 0 Å². The molecule has 0 aliphatic carbocycles. The van der Waals surface area contributed by atoms with E-state index in [0.717, 1.165) is 6.42 Å². The predicted octanol–water partition coefficient (Wildman–Crippen LogP) is 0.918. The maximum absolute atomic E-state index is 11.7. The minimum absolute atomic E-state index is 0.0720. The van der Waals surface area contributed by atoms with Crippen molar-refractivity contribution in [2.75, 3.05) is 26.2 Å². The lowest BCUT2D eigenvalue weighted by atomic mass is 10.4. The first-order valence-corrected chi connectivity index (χ1v) is 5.87.